The molecule has 1 fully saturated rings. The Morgan fingerprint density at radius 1 is 1.52 bits per heavy atom. The van der Waals surface area contributed by atoms with Crippen molar-refractivity contribution in [1.29, 1.82) is 0 Å². The molecule has 1 aromatic carbocycles. The number of hydrogen-bond donors (Lipinski definition) is 1. The number of thioether (sulfide) groups is 1. The molecule has 0 saturated carbocycles. The zero-order chi connectivity index (χ0) is 15.8. The van der Waals surface area contributed by atoms with Crippen LogP contribution in [0.4, 0.5) is 5.69 Å². The fraction of sp³-hybridized carbons (Fsp3) is 0.364. The lowest BCUT2D eigenvalue weighted by molar-refractivity contribution is -0.387. The standard InChI is InChI=1S/C11H12N2O6S2/c1-7-3-2-4-8(13(16)17)10(7)21(18,19)12-6-20-5-9(12)11(14)15/h2-4,9H,5-6H2,1H3,(H,14,15). The first-order chi connectivity index (χ1) is 9.76. The maximum atomic E-state index is 12.6. The fourth-order valence-electron chi connectivity index (χ4n) is 2.09. The van der Waals surface area contributed by atoms with Gasteiger partial charge in [0.2, 0.25) is 0 Å². The van der Waals surface area contributed by atoms with Crippen LogP contribution >= 0.6 is 11.8 Å². The largest absolute Gasteiger partial charge is 0.480 e. The van der Waals surface area contributed by atoms with Crippen molar-refractivity contribution in [3.05, 3.63) is 33.9 Å². The van der Waals surface area contributed by atoms with Crippen molar-refractivity contribution in [2.75, 3.05) is 11.6 Å². The van der Waals surface area contributed by atoms with Gasteiger partial charge in [-0.1, -0.05) is 12.1 Å². The summed E-state index contributed by atoms with van der Waals surface area (Å²) >= 11 is 1.16. The van der Waals surface area contributed by atoms with Gasteiger partial charge in [-0.25, -0.2) is 8.42 Å². The van der Waals surface area contributed by atoms with Crippen molar-refractivity contribution in [3.63, 3.8) is 0 Å². The minimum absolute atomic E-state index is 0.0369. The second kappa shape index (κ2) is 5.62. The first-order valence-electron chi connectivity index (χ1n) is 5.83. The van der Waals surface area contributed by atoms with E-state index in [4.69, 9.17) is 5.11 Å². The van der Waals surface area contributed by atoms with Crippen LogP contribution in [0.3, 0.4) is 0 Å². The molecular weight excluding hydrogens is 320 g/mol. The van der Waals surface area contributed by atoms with Crippen LogP contribution in [0.1, 0.15) is 5.56 Å². The van der Waals surface area contributed by atoms with E-state index >= 15 is 0 Å². The molecule has 10 heteroatoms. The molecule has 1 aromatic rings. The molecule has 0 amide bonds. The predicted octanol–water partition coefficient (Wildman–Crippen LogP) is 1.05. The van der Waals surface area contributed by atoms with Gasteiger partial charge in [-0.05, 0) is 12.5 Å². The van der Waals surface area contributed by atoms with Gasteiger partial charge in [0, 0.05) is 11.8 Å². The summed E-state index contributed by atoms with van der Waals surface area (Å²) in [5.74, 6) is -1.18. The predicted molar refractivity (Wildman–Crippen MR) is 75.6 cm³/mol. The molecule has 114 valence electrons. The van der Waals surface area contributed by atoms with Gasteiger partial charge in [0.15, 0.2) is 4.90 Å². The van der Waals surface area contributed by atoms with Crippen molar-refractivity contribution < 1.29 is 23.2 Å². The van der Waals surface area contributed by atoms with E-state index in [0.29, 0.717) is 0 Å². The lowest BCUT2D eigenvalue weighted by Crippen LogP contribution is -2.42. The highest BCUT2D eigenvalue weighted by atomic mass is 32.2. The Kier molecular flexibility index (Phi) is 4.21. The average Bonchev–Trinajstić information content (AvgIpc) is 2.88. The van der Waals surface area contributed by atoms with Crippen molar-refractivity contribution in [1.82, 2.24) is 4.31 Å². The van der Waals surface area contributed by atoms with Gasteiger partial charge in [-0.15, -0.1) is 11.8 Å². The Balaban J connectivity index is 2.60. The summed E-state index contributed by atoms with van der Waals surface area (Å²) in [5.41, 5.74) is -0.332. The third-order valence-corrected chi connectivity index (χ3v) is 6.31. The molecule has 1 N–H and O–H groups in total. The molecule has 1 aliphatic rings. The molecule has 8 nitrogen and oxygen atoms in total. The van der Waals surface area contributed by atoms with Gasteiger partial charge in [-0.2, -0.15) is 4.31 Å². The van der Waals surface area contributed by atoms with Gasteiger partial charge in [0.05, 0.1) is 10.8 Å². The van der Waals surface area contributed by atoms with E-state index in [1.165, 1.54) is 19.1 Å². The number of nitro benzene ring substituents is 1. The molecule has 0 spiro atoms. The highest BCUT2D eigenvalue weighted by molar-refractivity contribution is 8.00. The zero-order valence-corrected chi connectivity index (χ0v) is 12.6. The van der Waals surface area contributed by atoms with E-state index in [9.17, 15) is 23.3 Å². The molecule has 0 radical (unpaired) electrons. The number of aliphatic carboxylic acids is 1. The molecule has 21 heavy (non-hydrogen) atoms. The number of carbonyl (C=O) groups is 1. The van der Waals surface area contributed by atoms with E-state index in [0.717, 1.165) is 22.1 Å². The van der Waals surface area contributed by atoms with Gasteiger partial charge < -0.3 is 5.11 Å². The molecule has 0 bridgehead atoms. The third-order valence-electron chi connectivity index (χ3n) is 3.08. The zero-order valence-electron chi connectivity index (χ0n) is 10.9. The number of benzene rings is 1. The smallest absolute Gasteiger partial charge is 0.322 e. The van der Waals surface area contributed by atoms with Gasteiger partial charge in [0.25, 0.3) is 15.7 Å². The van der Waals surface area contributed by atoms with Crippen LogP contribution in [0.15, 0.2) is 23.1 Å². The lowest BCUT2D eigenvalue weighted by Gasteiger charge is -2.20. The first kappa shape index (κ1) is 15.7. The number of carboxylic acid groups (broad SMARTS) is 1. The summed E-state index contributed by atoms with van der Waals surface area (Å²) in [7, 11) is -4.25. The van der Waals surface area contributed by atoms with Crippen LogP contribution in [-0.2, 0) is 14.8 Å². The van der Waals surface area contributed by atoms with Crippen LogP contribution in [0.5, 0.6) is 0 Å². The van der Waals surface area contributed by atoms with Crippen molar-refractivity contribution in [2.24, 2.45) is 0 Å². The third kappa shape index (κ3) is 2.74. The van der Waals surface area contributed by atoms with Crippen LogP contribution in [0.25, 0.3) is 0 Å². The summed E-state index contributed by atoms with van der Waals surface area (Å²) in [4.78, 5) is 21.0. The van der Waals surface area contributed by atoms with E-state index < -0.39 is 37.5 Å². The molecule has 1 heterocycles. The average molecular weight is 332 g/mol. The minimum Gasteiger partial charge on any atom is -0.480 e. The van der Waals surface area contributed by atoms with Gasteiger partial charge in [-0.3, -0.25) is 14.9 Å². The Morgan fingerprint density at radius 2 is 2.19 bits per heavy atom. The van der Waals surface area contributed by atoms with E-state index in [1.807, 2.05) is 0 Å². The molecule has 1 unspecified atom stereocenters. The summed E-state index contributed by atoms with van der Waals surface area (Å²) in [6.45, 7) is 1.44. The van der Waals surface area contributed by atoms with E-state index in [-0.39, 0.29) is 17.2 Å². The molecule has 1 saturated heterocycles. The Morgan fingerprint density at radius 3 is 2.76 bits per heavy atom. The molecule has 1 atom stereocenters. The number of aryl methyl sites for hydroxylation is 1. The number of nitro groups is 1. The Hall–Kier alpha value is -1.65. The maximum absolute atomic E-state index is 12.6. The number of nitrogens with zero attached hydrogens (tertiary/aromatic N) is 2. The summed E-state index contributed by atoms with van der Waals surface area (Å²) in [5, 5.41) is 20.1. The summed E-state index contributed by atoms with van der Waals surface area (Å²) < 4.78 is 26.1. The Bertz CT molecular complexity index is 703. The van der Waals surface area contributed by atoms with Crippen LogP contribution in [0, 0.1) is 17.0 Å². The quantitative estimate of drug-likeness (QED) is 0.646. The molecule has 0 aliphatic carbocycles. The SMILES string of the molecule is Cc1cccc([N+](=O)[O-])c1S(=O)(=O)N1CSCC1C(=O)O. The molecule has 0 aromatic heterocycles. The van der Waals surface area contributed by atoms with Gasteiger partial charge in [0.1, 0.15) is 6.04 Å². The number of hydrogen-bond acceptors (Lipinski definition) is 6. The first-order valence-corrected chi connectivity index (χ1v) is 8.42. The van der Waals surface area contributed by atoms with Crippen LogP contribution in [0.2, 0.25) is 0 Å². The lowest BCUT2D eigenvalue weighted by atomic mass is 10.2. The van der Waals surface area contributed by atoms with Crippen molar-refractivity contribution in [3.8, 4) is 0 Å². The normalized spacial score (nSPS) is 19.6. The second-order valence-electron chi connectivity index (χ2n) is 4.43. The fourth-order valence-corrected chi connectivity index (χ4v) is 5.59. The van der Waals surface area contributed by atoms with E-state index in [1.54, 1.807) is 0 Å². The number of carboxylic acids is 1. The molecular formula is C11H12N2O6S2. The molecule has 2 rings (SSSR count). The number of sulfonamides is 1. The molecule has 1 aliphatic heterocycles. The minimum atomic E-state index is -4.25. The monoisotopic (exact) mass is 332 g/mol. The number of rotatable bonds is 4. The van der Waals surface area contributed by atoms with Crippen molar-refractivity contribution >= 4 is 33.4 Å². The highest BCUT2D eigenvalue weighted by Crippen LogP contribution is 2.34. The summed E-state index contributed by atoms with van der Waals surface area (Å²) in [6.07, 6.45) is 0. The Labute approximate surface area is 125 Å². The maximum Gasteiger partial charge on any atom is 0.322 e. The second-order valence-corrected chi connectivity index (χ2v) is 7.25. The highest BCUT2D eigenvalue weighted by Gasteiger charge is 2.43. The van der Waals surface area contributed by atoms with Crippen molar-refractivity contribution in [2.45, 2.75) is 17.9 Å². The topological polar surface area (TPSA) is 118 Å². The summed E-state index contributed by atoms with van der Waals surface area (Å²) in [6, 6.07) is 2.72. The van der Waals surface area contributed by atoms with Crippen LogP contribution < -0.4 is 0 Å². The van der Waals surface area contributed by atoms with Gasteiger partial charge >= 0.3 is 5.97 Å². The van der Waals surface area contributed by atoms with E-state index in [2.05, 4.69) is 0 Å². The van der Waals surface area contributed by atoms with Crippen LogP contribution in [-0.4, -0.2) is 46.4 Å².